The predicted octanol–water partition coefficient (Wildman–Crippen LogP) is 0.692. The molecule has 10 heavy (non-hydrogen) atoms. The lowest BCUT2D eigenvalue weighted by molar-refractivity contribution is -0.137. The van der Waals surface area contributed by atoms with Gasteiger partial charge in [-0.05, 0) is 0 Å². The normalized spacial score (nSPS) is 9.60. The zero-order valence-electron chi connectivity index (χ0n) is 5.28. The zero-order valence-corrected chi connectivity index (χ0v) is 5.28. The topological polar surface area (TPSA) is 63.3 Å². The lowest BCUT2D eigenvalue weighted by Crippen LogP contribution is -1.95. The Morgan fingerprint density at radius 3 is 3.10 bits per heavy atom. The molecule has 0 aromatic carbocycles. The molecule has 1 N–H and O–H groups in total. The average molecular weight is 141 g/mol. The highest BCUT2D eigenvalue weighted by Crippen LogP contribution is 1.99. The SMILES string of the molecule is O=C(O)CCc1cnco1. The van der Waals surface area contributed by atoms with Gasteiger partial charge in [-0.2, -0.15) is 0 Å². The highest BCUT2D eigenvalue weighted by molar-refractivity contribution is 5.66. The molecule has 0 radical (unpaired) electrons. The van der Waals surface area contributed by atoms with Gasteiger partial charge < -0.3 is 9.52 Å². The van der Waals surface area contributed by atoms with Crippen molar-refractivity contribution in [2.75, 3.05) is 0 Å². The second-order valence-corrected chi connectivity index (χ2v) is 1.86. The van der Waals surface area contributed by atoms with Crippen molar-refractivity contribution in [1.82, 2.24) is 4.98 Å². The van der Waals surface area contributed by atoms with E-state index < -0.39 is 5.97 Å². The van der Waals surface area contributed by atoms with Crippen molar-refractivity contribution in [3.05, 3.63) is 18.4 Å². The molecule has 0 atom stereocenters. The first-order chi connectivity index (χ1) is 4.79. The Morgan fingerprint density at radius 2 is 2.60 bits per heavy atom. The summed E-state index contributed by atoms with van der Waals surface area (Å²) in [4.78, 5) is 13.7. The van der Waals surface area contributed by atoms with E-state index in [1.165, 1.54) is 12.6 Å². The van der Waals surface area contributed by atoms with Crippen LogP contribution in [0.1, 0.15) is 12.2 Å². The molecule has 1 aromatic heterocycles. The molecule has 0 spiro atoms. The van der Waals surface area contributed by atoms with Crippen LogP contribution in [0.5, 0.6) is 0 Å². The van der Waals surface area contributed by atoms with Crippen LogP contribution >= 0.6 is 0 Å². The third kappa shape index (κ3) is 1.89. The van der Waals surface area contributed by atoms with Crippen molar-refractivity contribution in [3.63, 3.8) is 0 Å². The molecule has 4 heteroatoms. The van der Waals surface area contributed by atoms with E-state index in [2.05, 4.69) is 4.98 Å². The second-order valence-electron chi connectivity index (χ2n) is 1.86. The molecule has 1 heterocycles. The summed E-state index contributed by atoms with van der Waals surface area (Å²) in [6, 6.07) is 0. The molecule has 0 bridgehead atoms. The first-order valence-corrected chi connectivity index (χ1v) is 2.88. The Hall–Kier alpha value is -1.32. The van der Waals surface area contributed by atoms with Crippen molar-refractivity contribution in [2.24, 2.45) is 0 Å². The summed E-state index contributed by atoms with van der Waals surface area (Å²) in [5.74, 6) is -0.209. The molecule has 54 valence electrons. The van der Waals surface area contributed by atoms with Gasteiger partial charge in [0, 0.05) is 6.42 Å². The van der Waals surface area contributed by atoms with Crippen molar-refractivity contribution in [3.8, 4) is 0 Å². The first kappa shape index (κ1) is 6.80. The van der Waals surface area contributed by atoms with Crippen LogP contribution < -0.4 is 0 Å². The number of hydrogen-bond donors (Lipinski definition) is 1. The fourth-order valence-corrected chi connectivity index (χ4v) is 0.596. The molecule has 0 aliphatic heterocycles. The maximum absolute atomic E-state index is 10.0. The van der Waals surface area contributed by atoms with Crippen LogP contribution in [0, 0.1) is 0 Å². The highest BCUT2D eigenvalue weighted by Gasteiger charge is 2.00. The van der Waals surface area contributed by atoms with E-state index >= 15 is 0 Å². The van der Waals surface area contributed by atoms with Gasteiger partial charge in [0.15, 0.2) is 6.39 Å². The molecule has 1 aromatic rings. The van der Waals surface area contributed by atoms with E-state index in [0.717, 1.165) is 0 Å². The summed E-state index contributed by atoms with van der Waals surface area (Å²) in [6.07, 6.45) is 3.31. The maximum Gasteiger partial charge on any atom is 0.303 e. The second kappa shape index (κ2) is 3.00. The number of carboxylic acid groups (broad SMARTS) is 1. The van der Waals surface area contributed by atoms with E-state index in [1.54, 1.807) is 0 Å². The quantitative estimate of drug-likeness (QED) is 0.672. The minimum Gasteiger partial charge on any atom is -0.481 e. The number of oxazole rings is 1. The molecule has 0 unspecified atom stereocenters. The molecule has 4 nitrogen and oxygen atoms in total. The summed E-state index contributed by atoms with van der Waals surface area (Å²) in [6.45, 7) is 0. The number of aromatic nitrogens is 1. The molecule has 0 fully saturated rings. The van der Waals surface area contributed by atoms with Crippen LogP contribution in [0.15, 0.2) is 17.0 Å². The van der Waals surface area contributed by atoms with E-state index in [-0.39, 0.29) is 6.42 Å². The van der Waals surface area contributed by atoms with Gasteiger partial charge in [0.05, 0.1) is 12.6 Å². The lowest BCUT2D eigenvalue weighted by atomic mass is 10.3. The summed E-state index contributed by atoms with van der Waals surface area (Å²) >= 11 is 0. The standard InChI is InChI=1S/C6H7NO3/c8-6(9)2-1-5-3-7-4-10-5/h3-4H,1-2H2,(H,8,9). The number of aliphatic carboxylic acids is 1. The van der Waals surface area contributed by atoms with Gasteiger partial charge >= 0.3 is 5.97 Å². The molecule has 0 aliphatic carbocycles. The number of carboxylic acids is 1. The Morgan fingerprint density at radius 1 is 1.80 bits per heavy atom. The zero-order chi connectivity index (χ0) is 7.40. The fourth-order valence-electron chi connectivity index (χ4n) is 0.596. The third-order valence-corrected chi connectivity index (χ3v) is 1.07. The summed E-state index contributed by atoms with van der Waals surface area (Å²) in [7, 11) is 0. The molecular weight excluding hydrogens is 134 g/mol. The van der Waals surface area contributed by atoms with Crippen molar-refractivity contribution in [1.29, 1.82) is 0 Å². The lowest BCUT2D eigenvalue weighted by Gasteiger charge is -1.88. The third-order valence-electron chi connectivity index (χ3n) is 1.07. The Balaban J connectivity index is 2.35. The molecule has 0 saturated carbocycles. The minimum absolute atomic E-state index is 0.0925. The van der Waals surface area contributed by atoms with Crippen LogP contribution in [0.4, 0.5) is 0 Å². The van der Waals surface area contributed by atoms with Gasteiger partial charge in [0.25, 0.3) is 0 Å². The van der Waals surface area contributed by atoms with Crippen LogP contribution in [0.2, 0.25) is 0 Å². The van der Waals surface area contributed by atoms with Crippen LogP contribution in [-0.2, 0) is 11.2 Å². The van der Waals surface area contributed by atoms with Crippen molar-refractivity contribution in [2.45, 2.75) is 12.8 Å². The van der Waals surface area contributed by atoms with Crippen LogP contribution in [-0.4, -0.2) is 16.1 Å². The van der Waals surface area contributed by atoms with Gasteiger partial charge in [-0.3, -0.25) is 4.79 Å². The van der Waals surface area contributed by atoms with Crippen LogP contribution in [0.25, 0.3) is 0 Å². The minimum atomic E-state index is -0.823. The van der Waals surface area contributed by atoms with Crippen molar-refractivity contribution >= 4 is 5.97 Å². The van der Waals surface area contributed by atoms with Gasteiger partial charge in [-0.25, -0.2) is 4.98 Å². The summed E-state index contributed by atoms with van der Waals surface area (Å²) in [5, 5.41) is 8.25. The van der Waals surface area contributed by atoms with E-state index in [1.807, 2.05) is 0 Å². The average Bonchev–Trinajstić information content (AvgIpc) is 2.34. The highest BCUT2D eigenvalue weighted by atomic mass is 16.4. The summed E-state index contributed by atoms with van der Waals surface area (Å²) < 4.78 is 4.81. The Labute approximate surface area is 57.5 Å². The maximum atomic E-state index is 10.0. The van der Waals surface area contributed by atoms with E-state index in [9.17, 15) is 4.79 Å². The number of aryl methyl sites for hydroxylation is 1. The van der Waals surface area contributed by atoms with E-state index in [0.29, 0.717) is 12.2 Å². The first-order valence-electron chi connectivity index (χ1n) is 2.88. The largest absolute Gasteiger partial charge is 0.481 e. The number of carbonyl (C=O) groups is 1. The van der Waals surface area contributed by atoms with Gasteiger partial charge in [-0.1, -0.05) is 0 Å². The fraction of sp³-hybridized carbons (Fsp3) is 0.333. The number of hydrogen-bond acceptors (Lipinski definition) is 3. The molecule has 0 aliphatic rings. The molecule has 0 amide bonds. The molecule has 1 rings (SSSR count). The smallest absolute Gasteiger partial charge is 0.303 e. The monoisotopic (exact) mass is 141 g/mol. The molecular formula is C6H7NO3. The predicted molar refractivity (Wildman–Crippen MR) is 32.5 cm³/mol. The summed E-state index contributed by atoms with van der Waals surface area (Å²) in [5.41, 5.74) is 0. The van der Waals surface area contributed by atoms with Gasteiger partial charge in [0.2, 0.25) is 0 Å². The van der Waals surface area contributed by atoms with Gasteiger partial charge in [-0.15, -0.1) is 0 Å². The molecule has 0 saturated heterocycles. The van der Waals surface area contributed by atoms with Crippen LogP contribution in [0.3, 0.4) is 0 Å². The number of nitrogens with zero attached hydrogens (tertiary/aromatic N) is 1. The number of rotatable bonds is 3. The Kier molecular flexibility index (Phi) is 2.04. The Bertz CT molecular complexity index is 205. The van der Waals surface area contributed by atoms with Gasteiger partial charge in [0.1, 0.15) is 5.76 Å². The van der Waals surface area contributed by atoms with Crippen molar-refractivity contribution < 1.29 is 14.3 Å². The van der Waals surface area contributed by atoms with E-state index in [4.69, 9.17) is 9.52 Å².